The van der Waals surface area contributed by atoms with Gasteiger partial charge in [0.15, 0.2) is 0 Å². The molecule has 0 atom stereocenters. The van der Waals surface area contributed by atoms with Gasteiger partial charge in [-0.05, 0) is 13.0 Å². The van der Waals surface area contributed by atoms with Crippen molar-refractivity contribution in [2.75, 3.05) is 19.7 Å². The molecular weight excluding hydrogens is 264 g/mol. The topological polar surface area (TPSA) is 41.3 Å². The zero-order chi connectivity index (χ0) is 14.5. The average molecular weight is 283 g/mol. The van der Waals surface area contributed by atoms with Gasteiger partial charge in [0.25, 0.3) is 6.43 Å². The second-order valence-corrected chi connectivity index (χ2v) is 4.63. The van der Waals surface area contributed by atoms with Gasteiger partial charge < -0.3 is 5.11 Å². The summed E-state index contributed by atoms with van der Waals surface area (Å²) in [5, 5.41) is 14.4. The Morgan fingerprint density at radius 1 is 1.35 bits per heavy atom. The first-order chi connectivity index (χ1) is 9.65. The highest BCUT2D eigenvalue weighted by atomic mass is 19.3. The van der Waals surface area contributed by atoms with Crippen molar-refractivity contribution in [1.82, 2.24) is 14.7 Å². The van der Waals surface area contributed by atoms with Crippen LogP contribution in [0.15, 0.2) is 24.3 Å². The predicted octanol–water partition coefficient (Wildman–Crippen LogP) is 2.12. The van der Waals surface area contributed by atoms with Gasteiger partial charge in [0.1, 0.15) is 0 Å². The molecule has 20 heavy (non-hydrogen) atoms. The number of aliphatic hydroxyl groups is 1. The van der Waals surface area contributed by atoms with E-state index in [9.17, 15) is 8.78 Å². The van der Waals surface area contributed by atoms with Crippen LogP contribution in [0.25, 0.3) is 10.9 Å². The molecule has 4 nitrogen and oxygen atoms in total. The van der Waals surface area contributed by atoms with Gasteiger partial charge in [0.05, 0.1) is 24.4 Å². The molecule has 0 aliphatic carbocycles. The van der Waals surface area contributed by atoms with E-state index in [2.05, 4.69) is 5.10 Å². The number of rotatable bonds is 7. The number of nitrogens with zero attached hydrogens (tertiary/aromatic N) is 3. The van der Waals surface area contributed by atoms with Crippen LogP contribution in [0.2, 0.25) is 0 Å². The van der Waals surface area contributed by atoms with Crippen LogP contribution in [0, 0.1) is 0 Å². The highest BCUT2D eigenvalue weighted by Crippen LogP contribution is 2.20. The number of halogens is 2. The number of aromatic nitrogens is 2. The largest absolute Gasteiger partial charge is 0.395 e. The van der Waals surface area contributed by atoms with Crippen molar-refractivity contribution in [3.8, 4) is 0 Å². The Morgan fingerprint density at radius 2 is 2.10 bits per heavy atom. The third-order valence-electron chi connectivity index (χ3n) is 3.22. The van der Waals surface area contributed by atoms with Crippen molar-refractivity contribution in [2.45, 2.75) is 26.4 Å². The van der Waals surface area contributed by atoms with Gasteiger partial charge in [-0.3, -0.25) is 9.58 Å². The van der Waals surface area contributed by atoms with Crippen molar-refractivity contribution < 1.29 is 13.9 Å². The van der Waals surface area contributed by atoms with E-state index in [1.54, 1.807) is 0 Å². The van der Waals surface area contributed by atoms with Gasteiger partial charge in [0.2, 0.25) is 0 Å². The Bertz CT molecular complexity index is 556. The number of hydrogen-bond donors (Lipinski definition) is 1. The van der Waals surface area contributed by atoms with Crippen molar-refractivity contribution in [1.29, 1.82) is 0 Å². The zero-order valence-electron chi connectivity index (χ0n) is 11.5. The third kappa shape index (κ3) is 3.32. The maximum absolute atomic E-state index is 12.5. The van der Waals surface area contributed by atoms with Crippen molar-refractivity contribution in [2.24, 2.45) is 0 Å². The fourth-order valence-electron chi connectivity index (χ4n) is 2.34. The lowest BCUT2D eigenvalue weighted by Gasteiger charge is -2.19. The molecular formula is C14H19F2N3O. The lowest BCUT2D eigenvalue weighted by Crippen LogP contribution is -2.31. The number of benzene rings is 1. The highest BCUT2D eigenvalue weighted by Gasteiger charge is 2.16. The van der Waals surface area contributed by atoms with Gasteiger partial charge in [-0.25, -0.2) is 8.78 Å². The quantitative estimate of drug-likeness (QED) is 0.846. The van der Waals surface area contributed by atoms with Crippen LogP contribution in [-0.2, 0) is 13.1 Å². The molecule has 0 spiro atoms. The number of aliphatic hydroxyl groups excluding tert-OH is 1. The number of alkyl halides is 2. The molecule has 0 fully saturated rings. The van der Waals surface area contributed by atoms with E-state index >= 15 is 0 Å². The minimum atomic E-state index is -2.42. The summed E-state index contributed by atoms with van der Waals surface area (Å²) in [6.45, 7) is 2.77. The maximum Gasteiger partial charge on any atom is 0.251 e. The van der Waals surface area contributed by atoms with Crippen molar-refractivity contribution in [3.63, 3.8) is 0 Å². The summed E-state index contributed by atoms with van der Waals surface area (Å²) in [6, 6.07) is 7.77. The van der Waals surface area contributed by atoms with Gasteiger partial charge in [-0.1, -0.05) is 18.2 Å². The molecule has 0 radical (unpaired) electrons. The summed E-state index contributed by atoms with van der Waals surface area (Å²) >= 11 is 0. The molecule has 1 aromatic carbocycles. The van der Waals surface area contributed by atoms with E-state index in [1.807, 2.05) is 35.9 Å². The first-order valence-corrected chi connectivity index (χ1v) is 6.71. The third-order valence-corrected chi connectivity index (χ3v) is 3.22. The van der Waals surface area contributed by atoms with E-state index in [-0.39, 0.29) is 19.7 Å². The van der Waals surface area contributed by atoms with E-state index in [0.29, 0.717) is 6.54 Å². The lowest BCUT2D eigenvalue weighted by molar-refractivity contribution is 0.0741. The minimum Gasteiger partial charge on any atom is -0.395 e. The van der Waals surface area contributed by atoms with Crippen molar-refractivity contribution in [3.05, 3.63) is 30.0 Å². The Balaban J connectivity index is 2.27. The first-order valence-electron chi connectivity index (χ1n) is 6.71. The number of aryl methyl sites for hydroxylation is 1. The lowest BCUT2D eigenvalue weighted by atomic mass is 10.2. The minimum absolute atomic E-state index is 0.140. The molecule has 1 N–H and O–H groups in total. The average Bonchev–Trinajstić information content (AvgIpc) is 2.77. The smallest absolute Gasteiger partial charge is 0.251 e. The van der Waals surface area contributed by atoms with Crippen LogP contribution in [-0.4, -0.2) is 45.9 Å². The monoisotopic (exact) mass is 283 g/mol. The summed E-state index contributed by atoms with van der Waals surface area (Å²) in [6.07, 6.45) is -2.42. The normalized spacial score (nSPS) is 11.9. The Labute approximate surface area is 116 Å². The molecule has 2 rings (SSSR count). The fourth-order valence-corrected chi connectivity index (χ4v) is 2.34. The number of para-hydroxylation sites is 1. The summed E-state index contributed by atoms with van der Waals surface area (Å²) in [5.74, 6) is 0. The fraction of sp³-hybridized carbons (Fsp3) is 0.500. The Hall–Kier alpha value is -1.53. The molecule has 110 valence electrons. The summed E-state index contributed by atoms with van der Waals surface area (Å²) in [7, 11) is 0. The second-order valence-electron chi connectivity index (χ2n) is 4.63. The summed E-state index contributed by atoms with van der Waals surface area (Å²) in [4.78, 5) is 1.53. The van der Waals surface area contributed by atoms with Gasteiger partial charge >= 0.3 is 0 Å². The summed E-state index contributed by atoms with van der Waals surface area (Å²) < 4.78 is 27.0. The molecule has 0 unspecified atom stereocenters. The number of fused-ring (bicyclic) bond motifs is 1. The molecule has 2 aromatic rings. The Kier molecular flexibility index (Phi) is 5.03. The molecule has 1 heterocycles. The van der Waals surface area contributed by atoms with Gasteiger partial charge in [0, 0.05) is 25.0 Å². The molecule has 0 amide bonds. The first kappa shape index (κ1) is 14.9. The van der Waals surface area contributed by atoms with Crippen LogP contribution in [0.5, 0.6) is 0 Å². The van der Waals surface area contributed by atoms with Gasteiger partial charge in [-0.2, -0.15) is 5.10 Å². The molecule has 0 aliphatic heterocycles. The van der Waals surface area contributed by atoms with E-state index in [0.717, 1.165) is 23.1 Å². The van der Waals surface area contributed by atoms with Crippen LogP contribution < -0.4 is 0 Å². The zero-order valence-corrected chi connectivity index (χ0v) is 11.5. The Morgan fingerprint density at radius 3 is 2.75 bits per heavy atom. The standard InChI is InChI=1S/C14H19F2N3O/c1-2-19-13-6-4-3-5-11(13)12(17-19)9-18(7-8-20)10-14(15)16/h3-6,14,20H,2,7-10H2,1H3. The summed E-state index contributed by atoms with van der Waals surface area (Å²) in [5.41, 5.74) is 1.78. The molecule has 1 aromatic heterocycles. The maximum atomic E-state index is 12.5. The molecule has 6 heteroatoms. The van der Waals surface area contributed by atoms with E-state index in [4.69, 9.17) is 5.11 Å². The number of hydrogen-bond acceptors (Lipinski definition) is 3. The predicted molar refractivity (Wildman–Crippen MR) is 73.8 cm³/mol. The van der Waals surface area contributed by atoms with E-state index < -0.39 is 6.43 Å². The van der Waals surface area contributed by atoms with E-state index in [1.165, 1.54) is 4.90 Å². The van der Waals surface area contributed by atoms with Crippen LogP contribution >= 0.6 is 0 Å². The van der Waals surface area contributed by atoms with Gasteiger partial charge in [-0.15, -0.1) is 0 Å². The van der Waals surface area contributed by atoms with Crippen LogP contribution in [0.1, 0.15) is 12.6 Å². The molecule has 0 saturated carbocycles. The second kappa shape index (κ2) is 6.76. The molecule has 0 saturated heterocycles. The SMILES string of the molecule is CCn1nc(CN(CCO)CC(F)F)c2ccccc21. The van der Waals surface area contributed by atoms with Crippen LogP contribution in [0.4, 0.5) is 8.78 Å². The van der Waals surface area contributed by atoms with Crippen molar-refractivity contribution >= 4 is 10.9 Å². The van der Waals surface area contributed by atoms with Crippen LogP contribution in [0.3, 0.4) is 0 Å². The highest BCUT2D eigenvalue weighted by molar-refractivity contribution is 5.81. The molecule has 0 aliphatic rings. The molecule has 0 bridgehead atoms.